The van der Waals surface area contributed by atoms with Crippen LogP contribution < -0.4 is 10.9 Å². The summed E-state index contributed by atoms with van der Waals surface area (Å²) in [6, 6.07) is 3.94. The third-order valence-electron chi connectivity index (χ3n) is 4.93. The van der Waals surface area contributed by atoms with Gasteiger partial charge in [-0.3, -0.25) is 14.8 Å². The molecule has 160 valence electrons. The summed E-state index contributed by atoms with van der Waals surface area (Å²) in [5.74, 6) is 0.726. The van der Waals surface area contributed by atoms with Gasteiger partial charge in [0, 0.05) is 49.0 Å². The van der Waals surface area contributed by atoms with E-state index >= 15 is 0 Å². The highest BCUT2D eigenvalue weighted by molar-refractivity contribution is 7.09. The molecular formula is C22H30N6OS. The molecule has 0 aliphatic rings. The minimum absolute atomic E-state index is 0.0896. The zero-order chi connectivity index (χ0) is 21.3. The van der Waals surface area contributed by atoms with Gasteiger partial charge in [-0.2, -0.15) is 0 Å². The van der Waals surface area contributed by atoms with Gasteiger partial charge in [0.2, 0.25) is 5.95 Å². The zero-order valence-corrected chi connectivity index (χ0v) is 18.7. The molecule has 7 nitrogen and oxygen atoms in total. The van der Waals surface area contributed by atoms with Crippen LogP contribution >= 0.6 is 11.3 Å². The monoisotopic (exact) mass is 426 g/mol. The summed E-state index contributed by atoms with van der Waals surface area (Å²) in [5.41, 5.74) is 2.85. The summed E-state index contributed by atoms with van der Waals surface area (Å²) in [4.78, 5) is 30.6. The number of aromatic nitrogens is 4. The number of hydrogen-bond acceptors (Lipinski definition) is 7. The van der Waals surface area contributed by atoms with Crippen molar-refractivity contribution in [1.82, 2.24) is 24.8 Å². The number of thiazole rings is 1. The fourth-order valence-corrected chi connectivity index (χ4v) is 3.97. The van der Waals surface area contributed by atoms with E-state index in [0.29, 0.717) is 17.9 Å². The van der Waals surface area contributed by atoms with E-state index in [1.165, 1.54) is 5.01 Å². The van der Waals surface area contributed by atoms with Crippen molar-refractivity contribution in [1.29, 1.82) is 0 Å². The van der Waals surface area contributed by atoms with Crippen LogP contribution in [-0.4, -0.2) is 52.0 Å². The number of H-pyrrole nitrogens is 1. The Hall–Kier alpha value is -2.58. The van der Waals surface area contributed by atoms with Crippen LogP contribution in [0.15, 0.2) is 40.9 Å². The third kappa shape index (κ3) is 6.74. The number of nitrogens with zero attached hydrogens (tertiary/aromatic N) is 4. The van der Waals surface area contributed by atoms with Crippen molar-refractivity contribution < 1.29 is 0 Å². The topological polar surface area (TPSA) is 86.8 Å². The van der Waals surface area contributed by atoms with Crippen LogP contribution in [0.5, 0.6) is 0 Å². The van der Waals surface area contributed by atoms with E-state index in [0.717, 1.165) is 43.6 Å². The minimum Gasteiger partial charge on any atom is -0.356 e. The fourth-order valence-electron chi connectivity index (χ4n) is 3.15. The Morgan fingerprint density at radius 2 is 2.13 bits per heavy atom. The molecule has 3 heterocycles. The Balaban J connectivity index is 1.44. The van der Waals surface area contributed by atoms with Gasteiger partial charge in [0.15, 0.2) is 0 Å². The maximum absolute atomic E-state index is 12.4. The van der Waals surface area contributed by atoms with Gasteiger partial charge in [-0.05, 0) is 50.9 Å². The molecule has 0 saturated carbocycles. The molecule has 3 aromatic rings. The average molecular weight is 427 g/mol. The molecule has 3 aromatic heterocycles. The Kier molecular flexibility index (Phi) is 8.10. The molecule has 3 rings (SSSR count). The molecule has 0 spiro atoms. The van der Waals surface area contributed by atoms with Crippen molar-refractivity contribution in [3.05, 3.63) is 68.3 Å². The molecule has 0 aliphatic carbocycles. The fraction of sp³-hybridized carbons (Fsp3) is 0.455. The van der Waals surface area contributed by atoms with Gasteiger partial charge in [-0.25, -0.2) is 9.97 Å². The number of aromatic amines is 1. The number of rotatable bonds is 11. The predicted octanol–water partition coefficient (Wildman–Crippen LogP) is 3.12. The van der Waals surface area contributed by atoms with Gasteiger partial charge in [-0.1, -0.05) is 13.0 Å². The molecule has 8 heteroatoms. The lowest BCUT2D eigenvalue weighted by atomic mass is 9.96. The maximum atomic E-state index is 12.4. The number of hydrogen-bond donors (Lipinski definition) is 2. The molecule has 0 fully saturated rings. The second kappa shape index (κ2) is 11.0. The lowest BCUT2D eigenvalue weighted by Crippen LogP contribution is -2.19. The number of nitrogens with one attached hydrogen (secondary N) is 2. The standard InChI is InChI=1S/C22H30N6OS/c1-16(17-6-4-9-23-13-17)12-18-14-25-22(27-21(18)29)24-10-5-7-19-15-30-20(26-19)8-11-28(2)3/h4,6,9,13-16H,5,7-8,10-12H2,1-3H3,(H2,24,25,27,29). The quantitative estimate of drug-likeness (QED) is 0.458. The van der Waals surface area contributed by atoms with E-state index in [-0.39, 0.29) is 11.5 Å². The molecular weight excluding hydrogens is 396 g/mol. The molecule has 2 N–H and O–H groups in total. The van der Waals surface area contributed by atoms with Gasteiger partial charge in [0.25, 0.3) is 5.56 Å². The second-order valence-corrected chi connectivity index (χ2v) is 8.74. The van der Waals surface area contributed by atoms with Crippen molar-refractivity contribution in [2.45, 2.75) is 38.5 Å². The maximum Gasteiger partial charge on any atom is 0.255 e. The number of pyridine rings is 1. The Morgan fingerprint density at radius 1 is 1.27 bits per heavy atom. The van der Waals surface area contributed by atoms with Crippen LogP contribution in [0.1, 0.15) is 41.1 Å². The van der Waals surface area contributed by atoms with E-state index in [1.807, 2.05) is 18.3 Å². The van der Waals surface area contributed by atoms with Crippen LogP contribution in [0.4, 0.5) is 5.95 Å². The third-order valence-corrected chi connectivity index (χ3v) is 5.88. The first-order chi connectivity index (χ1) is 14.5. The molecule has 0 bridgehead atoms. The van der Waals surface area contributed by atoms with E-state index < -0.39 is 0 Å². The van der Waals surface area contributed by atoms with Crippen LogP contribution in [0.25, 0.3) is 0 Å². The first-order valence-electron chi connectivity index (χ1n) is 10.3. The molecule has 0 aromatic carbocycles. The SMILES string of the molecule is CC(Cc1cnc(NCCCc2csc(CCN(C)C)n2)[nH]c1=O)c1cccnc1. The largest absolute Gasteiger partial charge is 0.356 e. The van der Waals surface area contributed by atoms with E-state index in [1.54, 1.807) is 23.7 Å². The number of anilines is 1. The Morgan fingerprint density at radius 3 is 2.87 bits per heavy atom. The van der Waals surface area contributed by atoms with Gasteiger partial charge in [-0.15, -0.1) is 11.3 Å². The molecule has 30 heavy (non-hydrogen) atoms. The Bertz CT molecular complexity index is 969. The molecule has 0 aliphatic heterocycles. The first-order valence-corrected chi connectivity index (χ1v) is 11.2. The minimum atomic E-state index is -0.0896. The van der Waals surface area contributed by atoms with Crippen molar-refractivity contribution in [2.75, 3.05) is 32.5 Å². The molecule has 0 saturated heterocycles. The van der Waals surface area contributed by atoms with Crippen molar-refractivity contribution in [3.63, 3.8) is 0 Å². The van der Waals surface area contributed by atoms with E-state index in [4.69, 9.17) is 4.98 Å². The van der Waals surface area contributed by atoms with Gasteiger partial charge in [0.1, 0.15) is 0 Å². The molecule has 0 amide bonds. The predicted molar refractivity (Wildman–Crippen MR) is 122 cm³/mol. The van der Waals surface area contributed by atoms with E-state index in [9.17, 15) is 4.79 Å². The zero-order valence-electron chi connectivity index (χ0n) is 17.9. The van der Waals surface area contributed by atoms with Crippen LogP contribution in [0.3, 0.4) is 0 Å². The Labute approximate surface area is 181 Å². The summed E-state index contributed by atoms with van der Waals surface area (Å²) in [6.45, 7) is 3.84. The van der Waals surface area contributed by atoms with Crippen LogP contribution in [0, 0.1) is 0 Å². The van der Waals surface area contributed by atoms with Crippen LogP contribution in [-0.2, 0) is 19.3 Å². The van der Waals surface area contributed by atoms with Crippen LogP contribution in [0.2, 0.25) is 0 Å². The molecule has 0 radical (unpaired) electrons. The summed E-state index contributed by atoms with van der Waals surface area (Å²) in [5, 5.41) is 6.54. The van der Waals surface area contributed by atoms with Gasteiger partial charge < -0.3 is 10.2 Å². The van der Waals surface area contributed by atoms with Crippen molar-refractivity contribution in [2.24, 2.45) is 0 Å². The summed E-state index contributed by atoms with van der Waals surface area (Å²) >= 11 is 1.73. The smallest absolute Gasteiger partial charge is 0.255 e. The number of likely N-dealkylation sites (N-methyl/N-ethyl adjacent to an activating group) is 1. The summed E-state index contributed by atoms with van der Waals surface area (Å²) < 4.78 is 0. The van der Waals surface area contributed by atoms with E-state index in [2.05, 4.69) is 51.6 Å². The molecule has 1 atom stereocenters. The highest BCUT2D eigenvalue weighted by atomic mass is 32.1. The van der Waals surface area contributed by atoms with Crippen molar-refractivity contribution in [3.8, 4) is 0 Å². The molecule has 1 unspecified atom stereocenters. The van der Waals surface area contributed by atoms with Gasteiger partial charge >= 0.3 is 0 Å². The van der Waals surface area contributed by atoms with Gasteiger partial charge in [0.05, 0.1) is 10.7 Å². The summed E-state index contributed by atoms with van der Waals surface area (Å²) in [6.07, 6.45) is 8.74. The first kappa shape index (κ1) is 22.1. The highest BCUT2D eigenvalue weighted by Gasteiger charge is 2.10. The lowest BCUT2D eigenvalue weighted by molar-refractivity contribution is 0.413. The number of aryl methyl sites for hydroxylation is 1. The second-order valence-electron chi connectivity index (χ2n) is 7.79. The normalized spacial score (nSPS) is 12.3. The highest BCUT2D eigenvalue weighted by Crippen LogP contribution is 2.17. The summed E-state index contributed by atoms with van der Waals surface area (Å²) in [7, 11) is 4.15. The average Bonchev–Trinajstić information content (AvgIpc) is 3.20. The van der Waals surface area contributed by atoms with Crippen molar-refractivity contribution >= 4 is 17.3 Å². The lowest BCUT2D eigenvalue weighted by Gasteiger charge is -2.11.